The van der Waals surface area contributed by atoms with Crippen molar-refractivity contribution in [2.45, 2.75) is 51.0 Å². The highest BCUT2D eigenvalue weighted by atomic mass is 16.5. The first-order chi connectivity index (χ1) is 7.14. The summed E-state index contributed by atoms with van der Waals surface area (Å²) in [5, 5.41) is 8.70. The zero-order valence-electron chi connectivity index (χ0n) is 9.67. The van der Waals surface area contributed by atoms with Crippen LogP contribution in [-0.2, 0) is 4.74 Å². The Bertz CT molecular complexity index is 216. The van der Waals surface area contributed by atoms with Gasteiger partial charge in [0.1, 0.15) is 5.54 Å². The lowest BCUT2D eigenvalue weighted by molar-refractivity contribution is 0.123. The summed E-state index contributed by atoms with van der Waals surface area (Å²) in [7, 11) is 0. The molecular formula is C12H22N2O. The molecule has 2 N–H and O–H groups in total. The van der Waals surface area contributed by atoms with Crippen LogP contribution in [0.25, 0.3) is 0 Å². The number of nitrogens with zero attached hydrogens (tertiary/aromatic N) is 1. The monoisotopic (exact) mass is 210 g/mol. The summed E-state index contributed by atoms with van der Waals surface area (Å²) >= 11 is 0. The van der Waals surface area contributed by atoms with Gasteiger partial charge in [-0.3, -0.25) is 0 Å². The summed E-state index contributed by atoms with van der Waals surface area (Å²) in [6, 6.07) is 2.10. The van der Waals surface area contributed by atoms with Gasteiger partial charge in [0.2, 0.25) is 0 Å². The second kappa shape index (κ2) is 6.09. The Kier molecular flexibility index (Phi) is 5.07. The molecule has 0 amide bonds. The molecule has 0 heterocycles. The highest BCUT2D eigenvalue weighted by Gasteiger charge is 2.20. The largest absolute Gasteiger partial charge is 0.381 e. The van der Waals surface area contributed by atoms with E-state index in [1.54, 1.807) is 6.92 Å². The number of unbranched alkanes of at least 4 members (excludes halogenated alkanes) is 1. The van der Waals surface area contributed by atoms with E-state index >= 15 is 0 Å². The molecule has 1 saturated carbocycles. The molecule has 1 unspecified atom stereocenters. The van der Waals surface area contributed by atoms with Gasteiger partial charge in [-0.05, 0) is 38.5 Å². The Labute approximate surface area is 92.6 Å². The fourth-order valence-electron chi connectivity index (χ4n) is 1.51. The Balaban J connectivity index is 1.82. The van der Waals surface area contributed by atoms with Crippen LogP contribution in [0.2, 0.25) is 0 Å². The second-order valence-electron chi connectivity index (χ2n) is 4.83. The summed E-state index contributed by atoms with van der Waals surface area (Å²) < 4.78 is 5.51. The maximum Gasteiger partial charge on any atom is 0.101 e. The highest BCUT2D eigenvalue weighted by Crippen LogP contribution is 2.32. The van der Waals surface area contributed by atoms with Gasteiger partial charge in [-0.15, -0.1) is 0 Å². The lowest BCUT2D eigenvalue weighted by Gasteiger charge is -2.14. The molecule has 0 radical (unpaired) electrons. The molecule has 1 fully saturated rings. The molecule has 0 spiro atoms. The Morgan fingerprint density at radius 3 is 2.73 bits per heavy atom. The van der Waals surface area contributed by atoms with Crippen molar-refractivity contribution in [2.24, 2.45) is 11.7 Å². The maximum atomic E-state index is 8.70. The quantitative estimate of drug-likeness (QED) is 0.625. The minimum atomic E-state index is -0.659. The van der Waals surface area contributed by atoms with E-state index in [9.17, 15) is 0 Å². The van der Waals surface area contributed by atoms with E-state index in [-0.39, 0.29) is 0 Å². The van der Waals surface area contributed by atoms with Gasteiger partial charge in [0.05, 0.1) is 6.07 Å². The third-order valence-electron chi connectivity index (χ3n) is 2.86. The van der Waals surface area contributed by atoms with Crippen LogP contribution in [0.4, 0.5) is 0 Å². The smallest absolute Gasteiger partial charge is 0.101 e. The zero-order chi connectivity index (χ0) is 11.1. The Morgan fingerprint density at radius 2 is 2.13 bits per heavy atom. The molecule has 1 rings (SSSR count). The van der Waals surface area contributed by atoms with Gasteiger partial charge in [0.15, 0.2) is 0 Å². The van der Waals surface area contributed by atoms with E-state index in [1.165, 1.54) is 19.3 Å². The maximum absolute atomic E-state index is 8.70. The SMILES string of the molecule is CC(N)(C#N)CCCCOCCC1CC1. The van der Waals surface area contributed by atoms with Crippen molar-refractivity contribution >= 4 is 0 Å². The van der Waals surface area contributed by atoms with Crippen molar-refractivity contribution < 1.29 is 4.74 Å². The molecule has 0 bridgehead atoms. The molecule has 0 aromatic rings. The van der Waals surface area contributed by atoms with E-state index in [4.69, 9.17) is 15.7 Å². The highest BCUT2D eigenvalue weighted by molar-refractivity contribution is 5.00. The second-order valence-corrected chi connectivity index (χ2v) is 4.83. The predicted octanol–water partition coefficient (Wildman–Crippen LogP) is 2.21. The summed E-state index contributed by atoms with van der Waals surface area (Å²) in [5.74, 6) is 0.955. The molecule has 0 aromatic heterocycles. The van der Waals surface area contributed by atoms with Gasteiger partial charge in [-0.25, -0.2) is 0 Å². The van der Waals surface area contributed by atoms with Crippen LogP contribution in [0, 0.1) is 17.2 Å². The van der Waals surface area contributed by atoms with Gasteiger partial charge >= 0.3 is 0 Å². The summed E-state index contributed by atoms with van der Waals surface area (Å²) in [4.78, 5) is 0. The molecule has 0 aromatic carbocycles. The third kappa shape index (κ3) is 6.48. The molecule has 1 aliphatic carbocycles. The average Bonchev–Trinajstić information content (AvgIpc) is 3.00. The Hall–Kier alpha value is -0.590. The fourth-order valence-corrected chi connectivity index (χ4v) is 1.51. The van der Waals surface area contributed by atoms with Crippen molar-refractivity contribution in [1.82, 2.24) is 0 Å². The van der Waals surface area contributed by atoms with Crippen molar-refractivity contribution in [3.8, 4) is 6.07 Å². The molecule has 3 heteroatoms. The zero-order valence-corrected chi connectivity index (χ0v) is 9.67. The molecular weight excluding hydrogens is 188 g/mol. The fraction of sp³-hybridized carbons (Fsp3) is 0.917. The number of hydrogen-bond acceptors (Lipinski definition) is 3. The van der Waals surface area contributed by atoms with Gasteiger partial charge in [0.25, 0.3) is 0 Å². The van der Waals surface area contributed by atoms with Crippen molar-refractivity contribution in [3.63, 3.8) is 0 Å². The molecule has 15 heavy (non-hydrogen) atoms. The van der Waals surface area contributed by atoms with E-state index in [0.717, 1.165) is 38.4 Å². The van der Waals surface area contributed by atoms with E-state index < -0.39 is 5.54 Å². The van der Waals surface area contributed by atoms with Crippen LogP contribution in [-0.4, -0.2) is 18.8 Å². The van der Waals surface area contributed by atoms with Gasteiger partial charge in [-0.1, -0.05) is 12.8 Å². The summed E-state index contributed by atoms with van der Waals surface area (Å²) in [5.41, 5.74) is 5.04. The number of ether oxygens (including phenoxy) is 1. The van der Waals surface area contributed by atoms with E-state index in [2.05, 4.69) is 6.07 Å². The first-order valence-electron chi connectivity index (χ1n) is 5.92. The van der Waals surface area contributed by atoms with E-state index in [0.29, 0.717) is 0 Å². The summed E-state index contributed by atoms with van der Waals surface area (Å²) in [6.07, 6.45) is 6.78. The van der Waals surface area contributed by atoms with Crippen molar-refractivity contribution in [1.29, 1.82) is 5.26 Å². The van der Waals surface area contributed by atoms with Gasteiger partial charge < -0.3 is 10.5 Å². The standard InChI is InChI=1S/C12H22N2O/c1-12(14,10-13)7-2-3-8-15-9-6-11-4-5-11/h11H,2-9,14H2,1H3. The van der Waals surface area contributed by atoms with Gasteiger partial charge in [0, 0.05) is 13.2 Å². The molecule has 0 aliphatic heterocycles. The predicted molar refractivity (Wildman–Crippen MR) is 60.2 cm³/mol. The van der Waals surface area contributed by atoms with Crippen LogP contribution in [0.1, 0.15) is 45.4 Å². The van der Waals surface area contributed by atoms with Crippen LogP contribution >= 0.6 is 0 Å². The Morgan fingerprint density at radius 1 is 1.40 bits per heavy atom. The van der Waals surface area contributed by atoms with Crippen LogP contribution in [0.3, 0.4) is 0 Å². The minimum Gasteiger partial charge on any atom is -0.381 e. The number of hydrogen-bond donors (Lipinski definition) is 1. The van der Waals surface area contributed by atoms with Crippen molar-refractivity contribution in [2.75, 3.05) is 13.2 Å². The molecule has 0 saturated heterocycles. The van der Waals surface area contributed by atoms with E-state index in [1.807, 2.05) is 0 Å². The third-order valence-corrected chi connectivity index (χ3v) is 2.86. The van der Waals surface area contributed by atoms with Crippen LogP contribution < -0.4 is 5.73 Å². The van der Waals surface area contributed by atoms with Crippen molar-refractivity contribution in [3.05, 3.63) is 0 Å². The lowest BCUT2D eigenvalue weighted by Crippen LogP contribution is -2.33. The first-order valence-corrected chi connectivity index (χ1v) is 5.92. The first kappa shape index (κ1) is 12.5. The van der Waals surface area contributed by atoms with Gasteiger partial charge in [-0.2, -0.15) is 5.26 Å². The lowest BCUT2D eigenvalue weighted by atomic mass is 9.98. The molecule has 1 atom stereocenters. The minimum absolute atomic E-state index is 0.659. The van der Waals surface area contributed by atoms with Crippen LogP contribution in [0.5, 0.6) is 0 Å². The van der Waals surface area contributed by atoms with Crippen LogP contribution in [0.15, 0.2) is 0 Å². The number of nitriles is 1. The topological polar surface area (TPSA) is 59.0 Å². The normalized spacial score (nSPS) is 19.5. The number of nitrogens with two attached hydrogens (primary N) is 1. The molecule has 3 nitrogen and oxygen atoms in total. The summed E-state index contributed by atoms with van der Waals surface area (Å²) in [6.45, 7) is 3.50. The molecule has 86 valence electrons. The molecule has 1 aliphatic rings. The number of rotatable bonds is 8. The average molecular weight is 210 g/mol.